The number of rotatable bonds is 2. The van der Waals surface area contributed by atoms with Crippen LogP contribution in [0.5, 0.6) is 0 Å². The van der Waals surface area contributed by atoms with Gasteiger partial charge >= 0.3 is 0 Å². The van der Waals surface area contributed by atoms with Crippen LogP contribution in [0, 0.1) is 6.92 Å². The van der Waals surface area contributed by atoms with Crippen LogP contribution in [0.3, 0.4) is 0 Å². The Morgan fingerprint density at radius 2 is 1.88 bits per heavy atom. The maximum absolute atomic E-state index is 4.92. The number of aromatic nitrogens is 2. The van der Waals surface area contributed by atoms with E-state index in [9.17, 15) is 0 Å². The molecule has 94 valence electrons. The molecule has 0 amide bonds. The average molecular weight is 233 g/mol. The molecule has 0 radical (unpaired) electrons. The third kappa shape index (κ3) is 2.25. The van der Waals surface area contributed by atoms with Crippen molar-refractivity contribution in [1.29, 1.82) is 0 Å². The van der Waals surface area contributed by atoms with Crippen LogP contribution < -0.4 is 5.32 Å². The van der Waals surface area contributed by atoms with E-state index in [2.05, 4.69) is 17.2 Å². The Hall–Kier alpha value is -0.830. The molecule has 1 unspecified atom stereocenters. The summed E-state index contributed by atoms with van der Waals surface area (Å²) in [5.41, 5.74) is 2.63. The van der Waals surface area contributed by atoms with E-state index in [4.69, 9.17) is 4.98 Å². The van der Waals surface area contributed by atoms with E-state index in [0.717, 1.165) is 13.1 Å². The van der Waals surface area contributed by atoms with Crippen LogP contribution in [-0.4, -0.2) is 23.1 Å². The van der Waals surface area contributed by atoms with E-state index in [1.807, 2.05) is 0 Å². The monoisotopic (exact) mass is 233 g/mol. The first-order valence-corrected chi connectivity index (χ1v) is 7.11. The van der Waals surface area contributed by atoms with Gasteiger partial charge in [0.1, 0.15) is 5.82 Å². The number of aryl methyl sites for hydroxylation is 1. The van der Waals surface area contributed by atoms with Crippen molar-refractivity contribution in [3.63, 3.8) is 0 Å². The molecule has 3 nitrogen and oxygen atoms in total. The van der Waals surface area contributed by atoms with Gasteiger partial charge in [0.2, 0.25) is 0 Å². The summed E-state index contributed by atoms with van der Waals surface area (Å²) in [5, 5.41) is 3.43. The molecule has 0 bridgehead atoms. The molecular formula is C14H23N3. The minimum absolute atomic E-state index is 0.642. The quantitative estimate of drug-likeness (QED) is 0.824. The van der Waals surface area contributed by atoms with Crippen LogP contribution in [0.2, 0.25) is 0 Å². The van der Waals surface area contributed by atoms with E-state index < -0.39 is 0 Å². The van der Waals surface area contributed by atoms with E-state index in [1.54, 1.807) is 0 Å². The van der Waals surface area contributed by atoms with E-state index in [0.29, 0.717) is 11.8 Å². The standard InChI is InChI=1S/C14H23N3/c1-10-13(12-7-8-15-9-12)17-14(16-10)11-5-3-2-4-6-11/h11-12,15H,2-9H2,1H3,(H,16,17). The Bertz CT molecular complexity index is 371. The lowest BCUT2D eigenvalue weighted by Crippen LogP contribution is -2.09. The number of H-pyrrole nitrogens is 1. The highest BCUT2D eigenvalue weighted by molar-refractivity contribution is 5.21. The predicted molar refractivity (Wildman–Crippen MR) is 69.4 cm³/mol. The molecule has 2 N–H and O–H groups in total. The lowest BCUT2D eigenvalue weighted by atomic mass is 9.89. The van der Waals surface area contributed by atoms with Gasteiger partial charge in [0.25, 0.3) is 0 Å². The van der Waals surface area contributed by atoms with Gasteiger partial charge in [-0.2, -0.15) is 0 Å². The molecule has 1 aromatic heterocycles. The molecule has 0 aromatic carbocycles. The highest BCUT2D eigenvalue weighted by atomic mass is 15.0. The maximum Gasteiger partial charge on any atom is 0.109 e. The van der Waals surface area contributed by atoms with Crippen LogP contribution in [0.4, 0.5) is 0 Å². The van der Waals surface area contributed by atoms with Gasteiger partial charge in [0.05, 0.1) is 5.69 Å². The smallest absolute Gasteiger partial charge is 0.109 e. The molecule has 2 heterocycles. The molecule has 1 aliphatic carbocycles. The molecule has 1 atom stereocenters. The Morgan fingerprint density at radius 1 is 1.06 bits per heavy atom. The summed E-state index contributed by atoms with van der Waals surface area (Å²) in [7, 11) is 0. The van der Waals surface area contributed by atoms with Crippen LogP contribution in [0.1, 0.15) is 67.6 Å². The number of imidazole rings is 1. The molecular weight excluding hydrogens is 210 g/mol. The number of nitrogens with zero attached hydrogens (tertiary/aromatic N) is 1. The second-order valence-corrected chi connectivity index (χ2v) is 5.66. The third-order valence-corrected chi connectivity index (χ3v) is 4.38. The summed E-state index contributed by atoms with van der Waals surface area (Å²) >= 11 is 0. The topological polar surface area (TPSA) is 40.7 Å². The van der Waals surface area contributed by atoms with Crippen molar-refractivity contribution in [3.05, 3.63) is 17.2 Å². The molecule has 2 aliphatic rings. The second-order valence-electron chi connectivity index (χ2n) is 5.66. The minimum Gasteiger partial charge on any atom is -0.346 e. The summed E-state index contributed by atoms with van der Waals surface area (Å²) < 4.78 is 0. The van der Waals surface area contributed by atoms with Gasteiger partial charge in [-0.15, -0.1) is 0 Å². The van der Waals surface area contributed by atoms with Crippen LogP contribution in [0.25, 0.3) is 0 Å². The molecule has 0 spiro atoms. The Balaban J connectivity index is 1.79. The molecule has 1 aliphatic heterocycles. The normalized spacial score (nSPS) is 26.5. The van der Waals surface area contributed by atoms with Gasteiger partial charge in [0, 0.05) is 24.1 Å². The number of nitrogens with one attached hydrogen (secondary N) is 2. The number of hydrogen-bond donors (Lipinski definition) is 2. The molecule has 17 heavy (non-hydrogen) atoms. The van der Waals surface area contributed by atoms with Crippen molar-refractivity contribution in [2.45, 2.75) is 57.3 Å². The zero-order chi connectivity index (χ0) is 11.7. The second kappa shape index (κ2) is 4.81. The zero-order valence-electron chi connectivity index (χ0n) is 10.8. The first kappa shape index (κ1) is 11.3. The Labute approximate surface area is 103 Å². The van der Waals surface area contributed by atoms with Gasteiger partial charge in [-0.3, -0.25) is 0 Å². The van der Waals surface area contributed by atoms with Crippen molar-refractivity contribution in [1.82, 2.24) is 15.3 Å². The molecule has 1 saturated carbocycles. The maximum atomic E-state index is 4.92. The molecule has 2 fully saturated rings. The minimum atomic E-state index is 0.642. The predicted octanol–water partition coefficient (Wildman–Crippen LogP) is 2.84. The Kier molecular flexibility index (Phi) is 3.19. The summed E-state index contributed by atoms with van der Waals surface area (Å²) in [6.07, 6.45) is 8.07. The summed E-state index contributed by atoms with van der Waals surface area (Å²) in [5.74, 6) is 2.61. The van der Waals surface area contributed by atoms with Crippen molar-refractivity contribution >= 4 is 0 Å². The van der Waals surface area contributed by atoms with Gasteiger partial charge in [-0.25, -0.2) is 4.98 Å². The van der Waals surface area contributed by atoms with Crippen LogP contribution in [0.15, 0.2) is 0 Å². The van der Waals surface area contributed by atoms with Crippen molar-refractivity contribution in [2.75, 3.05) is 13.1 Å². The zero-order valence-corrected chi connectivity index (χ0v) is 10.8. The number of aromatic amines is 1. The lowest BCUT2D eigenvalue weighted by molar-refractivity contribution is 0.430. The highest BCUT2D eigenvalue weighted by Gasteiger charge is 2.24. The fourth-order valence-electron chi connectivity index (χ4n) is 3.35. The summed E-state index contributed by atoms with van der Waals surface area (Å²) in [4.78, 5) is 8.47. The van der Waals surface area contributed by atoms with Crippen molar-refractivity contribution in [3.8, 4) is 0 Å². The SMILES string of the molecule is Cc1[nH]c(C2CCCCC2)nc1C1CCNC1. The van der Waals surface area contributed by atoms with Gasteiger partial charge in [0.15, 0.2) is 0 Å². The van der Waals surface area contributed by atoms with Gasteiger partial charge in [-0.05, 0) is 32.7 Å². The van der Waals surface area contributed by atoms with Gasteiger partial charge < -0.3 is 10.3 Å². The van der Waals surface area contributed by atoms with Crippen molar-refractivity contribution < 1.29 is 0 Å². The van der Waals surface area contributed by atoms with E-state index in [-0.39, 0.29) is 0 Å². The first-order chi connectivity index (χ1) is 8.34. The average Bonchev–Trinajstić information content (AvgIpc) is 2.99. The summed E-state index contributed by atoms with van der Waals surface area (Å²) in [6.45, 7) is 4.44. The van der Waals surface area contributed by atoms with Crippen LogP contribution >= 0.6 is 0 Å². The summed E-state index contributed by atoms with van der Waals surface area (Å²) in [6, 6.07) is 0. The first-order valence-electron chi connectivity index (χ1n) is 7.11. The third-order valence-electron chi connectivity index (χ3n) is 4.38. The Morgan fingerprint density at radius 3 is 2.59 bits per heavy atom. The van der Waals surface area contributed by atoms with Crippen LogP contribution in [-0.2, 0) is 0 Å². The largest absolute Gasteiger partial charge is 0.346 e. The molecule has 1 aromatic rings. The van der Waals surface area contributed by atoms with Gasteiger partial charge in [-0.1, -0.05) is 19.3 Å². The molecule has 3 heteroatoms. The lowest BCUT2D eigenvalue weighted by Gasteiger charge is -2.19. The molecule has 3 rings (SSSR count). The van der Waals surface area contributed by atoms with Crippen molar-refractivity contribution in [2.24, 2.45) is 0 Å². The fourth-order valence-corrected chi connectivity index (χ4v) is 3.35. The highest BCUT2D eigenvalue weighted by Crippen LogP contribution is 2.33. The fraction of sp³-hybridized carbons (Fsp3) is 0.786. The molecule has 1 saturated heterocycles. The van der Waals surface area contributed by atoms with E-state index in [1.165, 1.54) is 55.7 Å². The number of hydrogen-bond acceptors (Lipinski definition) is 2. The van der Waals surface area contributed by atoms with E-state index >= 15 is 0 Å².